The van der Waals surface area contributed by atoms with Crippen molar-refractivity contribution in [2.75, 3.05) is 20.3 Å². The Morgan fingerprint density at radius 1 is 1.60 bits per heavy atom. The quantitative estimate of drug-likeness (QED) is 0.754. The van der Waals surface area contributed by atoms with Crippen LogP contribution in [0.15, 0.2) is 22.8 Å². The van der Waals surface area contributed by atoms with Gasteiger partial charge in [-0.25, -0.2) is 0 Å². The van der Waals surface area contributed by atoms with Gasteiger partial charge in [0.1, 0.15) is 11.8 Å². The molecule has 6 heteroatoms. The van der Waals surface area contributed by atoms with Gasteiger partial charge in [0, 0.05) is 26.7 Å². The largest absolute Gasteiger partial charge is 0.467 e. The lowest BCUT2D eigenvalue weighted by molar-refractivity contribution is -0.136. The van der Waals surface area contributed by atoms with Crippen LogP contribution in [0.2, 0.25) is 0 Å². The van der Waals surface area contributed by atoms with Crippen LogP contribution in [-0.2, 0) is 20.9 Å². The number of amides is 2. The Morgan fingerprint density at radius 2 is 2.45 bits per heavy atom. The smallest absolute Gasteiger partial charge is 0.242 e. The molecule has 1 saturated heterocycles. The summed E-state index contributed by atoms with van der Waals surface area (Å²) in [6, 6.07) is 3.18. The molecule has 2 amide bonds. The number of likely N-dealkylation sites (tertiary alicyclic amines) is 1. The van der Waals surface area contributed by atoms with Crippen molar-refractivity contribution < 1.29 is 18.7 Å². The second-order valence-corrected chi connectivity index (χ2v) is 4.79. The number of nitrogens with one attached hydrogen (secondary N) is 1. The minimum atomic E-state index is -0.393. The zero-order valence-electron chi connectivity index (χ0n) is 11.6. The van der Waals surface area contributed by atoms with E-state index in [4.69, 9.17) is 9.15 Å². The van der Waals surface area contributed by atoms with Gasteiger partial charge in [-0.05, 0) is 25.0 Å². The number of hydrogen-bond donors (Lipinski definition) is 1. The van der Waals surface area contributed by atoms with Crippen LogP contribution < -0.4 is 5.32 Å². The number of nitrogens with zero attached hydrogens (tertiary/aromatic N) is 1. The first-order chi connectivity index (χ1) is 9.72. The standard InChI is InChI=1S/C14H20N2O4/c1-19-8-3-7-15-14(18)12-5-6-13(17)16(12)10-11-4-2-9-20-11/h2,4,9,12H,3,5-8,10H2,1H3,(H,15,18)/t12-/m0/s1. The fourth-order valence-electron chi connectivity index (χ4n) is 2.32. The second-order valence-electron chi connectivity index (χ2n) is 4.79. The molecule has 1 fully saturated rings. The van der Waals surface area contributed by atoms with Crippen LogP contribution in [0.3, 0.4) is 0 Å². The molecule has 20 heavy (non-hydrogen) atoms. The van der Waals surface area contributed by atoms with Gasteiger partial charge in [-0.15, -0.1) is 0 Å². The fourth-order valence-corrected chi connectivity index (χ4v) is 2.32. The van der Waals surface area contributed by atoms with Crippen LogP contribution in [-0.4, -0.2) is 43.0 Å². The number of methoxy groups -OCH3 is 1. The van der Waals surface area contributed by atoms with E-state index in [1.807, 2.05) is 0 Å². The first-order valence-electron chi connectivity index (χ1n) is 6.81. The third-order valence-electron chi connectivity index (χ3n) is 3.36. The van der Waals surface area contributed by atoms with Crippen molar-refractivity contribution >= 4 is 11.8 Å². The lowest BCUT2D eigenvalue weighted by Crippen LogP contribution is -2.44. The van der Waals surface area contributed by atoms with Gasteiger partial charge in [0.15, 0.2) is 0 Å². The SMILES string of the molecule is COCCCNC(=O)[C@@H]1CCC(=O)N1Cc1ccco1. The van der Waals surface area contributed by atoms with E-state index in [9.17, 15) is 9.59 Å². The van der Waals surface area contributed by atoms with Crippen molar-refractivity contribution in [1.29, 1.82) is 0 Å². The highest BCUT2D eigenvalue weighted by Crippen LogP contribution is 2.21. The molecule has 1 aliphatic rings. The maximum atomic E-state index is 12.1. The van der Waals surface area contributed by atoms with E-state index in [1.54, 1.807) is 30.4 Å². The van der Waals surface area contributed by atoms with E-state index in [0.717, 1.165) is 6.42 Å². The van der Waals surface area contributed by atoms with E-state index in [2.05, 4.69) is 5.32 Å². The molecule has 6 nitrogen and oxygen atoms in total. The summed E-state index contributed by atoms with van der Waals surface area (Å²) in [7, 11) is 1.63. The van der Waals surface area contributed by atoms with E-state index in [0.29, 0.717) is 38.3 Å². The van der Waals surface area contributed by atoms with Gasteiger partial charge in [-0.1, -0.05) is 0 Å². The Bertz CT molecular complexity index is 444. The second kappa shape index (κ2) is 7.09. The van der Waals surface area contributed by atoms with E-state index in [1.165, 1.54) is 0 Å². The number of carbonyl (C=O) groups is 2. The monoisotopic (exact) mass is 280 g/mol. The van der Waals surface area contributed by atoms with Crippen LogP contribution >= 0.6 is 0 Å². The lowest BCUT2D eigenvalue weighted by Gasteiger charge is -2.23. The fraction of sp³-hybridized carbons (Fsp3) is 0.571. The average Bonchev–Trinajstić information content (AvgIpc) is 3.06. The first kappa shape index (κ1) is 14.6. The van der Waals surface area contributed by atoms with Gasteiger partial charge >= 0.3 is 0 Å². The molecule has 1 aromatic heterocycles. The van der Waals surface area contributed by atoms with Crippen LogP contribution in [0, 0.1) is 0 Å². The van der Waals surface area contributed by atoms with Gasteiger partial charge < -0.3 is 19.4 Å². The first-order valence-corrected chi connectivity index (χ1v) is 6.81. The zero-order valence-corrected chi connectivity index (χ0v) is 11.6. The molecule has 1 aromatic rings. The summed E-state index contributed by atoms with van der Waals surface area (Å²) < 4.78 is 10.2. The summed E-state index contributed by atoms with van der Waals surface area (Å²) >= 11 is 0. The van der Waals surface area contributed by atoms with Gasteiger partial charge in [0.25, 0.3) is 0 Å². The predicted octanol–water partition coefficient (Wildman–Crippen LogP) is 0.923. The average molecular weight is 280 g/mol. The molecule has 1 N–H and O–H groups in total. The number of ether oxygens (including phenoxy) is 1. The number of furan rings is 1. The molecular formula is C14H20N2O4. The van der Waals surface area contributed by atoms with Crippen LogP contribution in [0.5, 0.6) is 0 Å². The molecule has 0 aromatic carbocycles. The third kappa shape index (κ3) is 3.60. The highest BCUT2D eigenvalue weighted by molar-refractivity contribution is 5.90. The zero-order chi connectivity index (χ0) is 14.4. The maximum Gasteiger partial charge on any atom is 0.242 e. The van der Waals surface area contributed by atoms with Crippen molar-refractivity contribution in [1.82, 2.24) is 10.2 Å². The van der Waals surface area contributed by atoms with Crippen molar-refractivity contribution in [2.45, 2.75) is 31.8 Å². The molecule has 0 aliphatic carbocycles. The molecule has 0 spiro atoms. The van der Waals surface area contributed by atoms with Gasteiger partial charge in [0.2, 0.25) is 11.8 Å². The Labute approximate surface area is 118 Å². The van der Waals surface area contributed by atoms with E-state index in [-0.39, 0.29) is 11.8 Å². The number of rotatable bonds is 7. The van der Waals surface area contributed by atoms with E-state index < -0.39 is 6.04 Å². The Morgan fingerprint density at radius 3 is 3.15 bits per heavy atom. The molecule has 110 valence electrons. The molecule has 1 aliphatic heterocycles. The predicted molar refractivity (Wildman–Crippen MR) is 71.8 cm³/mol. The summed E-state index contributed by atoms with van der Waals surface area (Å²) in [4.78, 5) is 25.6. The normalized spacial score (nSPS) is 18.6. The maximum absolute atomic E-state index is 12.1. The Hall–Kier alpha value is -1.82. The van der Waals surface area contributed by atoms with Crippen molar-refractivity contribution in [2.24, 2.45) is 0 Å². The summed E-state index contributed by atoms with van der Waals surface area (Å²) in [5, 5.41) is 2.85. The molecular weight excluding hydrogens is 260 g/mol. The number of hydrogen-bond acceptors (Lipinski definition) is 4. The van der Waals surface area contributed by atoms with Gasteiger partial charge in [-0.3, -0.25) is 9.59 Å². The summed E-state index contributed by atoms with van der Waals surface area (Å²) in [6.45, 7) is 1.52. The lowest BCUT2D eigenvalue weighted by atomic mass is 10.2. The molecule has 0 saturated carbocycles. The summed E-state index contributed by atoms with van der Waals surface area (Å²) in [6.07, 6.45) is 3.31. The van der Waals surface area contributed by atoms with Gasteiger partial charge in [0.05, 0.1) is 12.8 Å². The van der Waals surface area contributed by atoms with Crippen LogP contribution in [0.1, 0.15) is 25.0 Å². The van der Waals surface area contributed by atoms with Crippen molar-refractivity contribution in [3.63, 3.8) is 0 Å². The minimum absolute atomic E-state index is 0.00144. The topological polar surface area (TPSA) is 71.8 Å². The molecule has 0 unspecified atom stereocenters. The molecule has 0 bridgehead atoms. The van der Waals surface area contributed by atoms with E-state index >= 15 is 0 Å². The molecule has 0 radical (unpaired) electrons. The minimum Gasteiger partial charge on any atom is -0.467 e. The van der Waals surface area contributed by atoms with Gasteiger partial charge in [-0.2, -0.15) is 0 Å². The Balaban J connectivity index is 1.88. The highest BCUT2D eigenvalue weighted by Gasteiger charge is 2.36. The van der Waals surface area contributed by atoms with Crippen molar-refractivity contribution in [3.8, 4) is 0 Å². The number of carbonyl (C=O) groups excluding carboxylic acids is 2. The van der Waals surface area contributed by atoms with Crippen LogP contribution in [0.25, 0.3) is 0 Å². The highest BCUT2D eigenvalue weighted by atomic mass is 16.5. The third-order valence-corrected chi connectivity index (χ3v) is 3.36. The summed E-state index contributed by atoms with van der Waals surface area (Å²) in [5.74, 6) is 0.592. The summed E-state index contributed by atoms with van der Waals surface area (Å²) in [5.41, 5.74) is 0. The molecule has 1 atom stereocenters. The van der Waals surface area contributed by atoms with Crippen molar-refractivity contribution in [3.05, 3.63) is 24.2 Å². The Kier molecular flexibility index (Phi) is 5.17. The molecule has 2 heterocycles. The van der Waals surface area contributed by atoms with Crippen LogP contribution in [0.4, 0.5) is 0 Å². The molecule has 2 rings (SSSR count).